The van der Waals surface area contributed by atoms with Gasteiger partial charge in [-0.2, -0.15) is 5.10 Å². The van der Waals surface area contributed by atoms with Crippen LogP contribution < -0.4 is 5.73 Å². The normalized spacial score (nSPS) is 11.8. The van der Waals surface area contributed by atoms with Crippen LogP contribution in [0.3, 0.4) is 0 Å². The van der Waals surface area contributed by atoms with Crippen LogP contribution in [-0.4, -0.2) is 48.0 Å². The number of halogens is 1. The zero-order valence-electron chi connectivity index (χ0n) is 24.2. The van der Waals surface area contributed by atoms with Crippen molar-refractivity contribution in [1.29, 1.82) is 0 Å². The van der Waals surface area contributed by atoms with E-state index < -0.39 is 0 Å². The van der Waals surface area contributed by atoms with Gasteiger partial charge in [-0.1, -0.05) is 37.5 Å². The van der Waals surface area contributed by atoms with Crippen molar-refractivity contribution in [3.8, 4) is 0 Å². The molecule has 2 rings (SSSR count). The fraction of sp³-hybridized carbons (Fsp3) is 0.394. The van der Waals surface area contributed by atoms with E-state index in [9.17, 15) is 4.39 Å². The molecule has 0 bridgehead atoms. The van der Waals surface area contributed by atoms with Crippen molar-refractivity contribution in [3.05, 3.63) is 101 Å². The number of nitrogens with zero attached hydrogens (tertiary/aromatic N) is 3. The molecule has 0 aliphatic carbocycles. The molecule has 0 aliphatic rings. The molecule has 1 heterocycles. The quantitative estimate of drug-likeness (QED) is 0.132. The van der Waals surface area contributed by atoms with E-state index in [0.717, 1.165) is 90.0 Å². The summed E-state index contributed by atoms with van der Waals surface area (Å²) in [7, 11) is 1.71. The van der Waals surface area contributed by atoms with Gasteiger partial charge in [0.05, 0.1) is 18.5 Å². The molecule has 2 N–H and O–H groups in total. The van der Waals surface area contributed by atoms with E-state index >= 15 is 0 Å². The number of ether oxygens (including phenoxy) is 1. The molecular formula is C33H45FN4O. The summed E-state index contributed by atoms with van der Waals surface area (Å²) in [5, 5.41) is 4.58. The van der Waals surface area contributed by atoms with E-state index in [1.54, 1.807) is 19.3 Å². The molecule has 0 fully saturated rings. The first-order chi connectivity index (χ1) is 18.7. The first-order valence-electron chi connectivity index (χ1n) is 13.6. The van der Waals surface area contributed by atoms with Gasteiger partial charge in [0.2, 0.25) is 0 Å². The van der Waals surface area contributed by atoms with Crippen molar-refractivity contribution >= 4 is 17.8 Å². The Kier molecular flexibility index (Phi) is 13.4. The Hall–Kier alpha value is -3.44. The SMILES string of the molecule is C=C=C(CCOC)N(CCCN)CCCCC(=C)/C(C)=C\n1ncc(/C(C=C)=C/c2cc(F)ccc2C)c1C. The largest absolute Gasteiger partial charge is 0.384 e. The predicted octanol–water partition coefficient (Wildman–Crippen LogP) is 7.31. The minimum atomic E-state index is -0.258. The smallest absolute Gasteiger partial charge is 0.123 e. The van der Waals surface area contributed by atoms with Crippen molar-refractivity contribution in [2.24, 2.45) is 5.73 Å². The van der Waals surface area contributed by atoms with Gasteiger partial charge in [0.25, 0.3) is 0 Å². The van der Waals surface area contributed by atoms with Gasteiger partial charge in [-0.05, 0) is 93.5 Å². The number of unbranched alkanes of at least 4 members (excludes halogenated alkanes) is 1. The van der Waals surface area contributed by atoms with Gasteiger partial charge in [-0.25, -0.2) is 9.07 Å². The van der Waals surface area contributed by atoms with Crippen molar-refractivity contribution < 1.29 is 9.13 Å². The first kappa shape index (κ1) is 31.8. The van der Waals surface area contributed by atoms with Crippen LogP contribution >= 0.6 is 0 Å². The maximum Gasteiger partial charge on any atom is 0.123 e. The summed E-state index contributed by atoms with van der Waals surface area (Å²) in [4.78, 5) is 2.33. The van der Waals surface area contributed by atoms with Gasteiger partial charge >= 0.3 is 0 Å². The molecule has 0 unspecified atom stereocenters. The summed E-state index contributed by atoms with van der Waals surface area (Å²) < 4.78 is 20.9. The number of rotatable bonds is 17. The average molecular weight is 533 g/mol. The third-order valence-corrected chi connectivity index (χ3v) is 6.92. The Balaban J connectivity index is 2.04. The number of aryl methyl sites for hydroxylation is 1. The maximum atomic E-state index is 13.8. The molecule has 5 nitrogen and oxygen atoms in total. The van der Waals surface area contributed by atoms with Crippen molar-refractivity contribution in [3.63, 3.8) is 0 Å². The number of aromatic nitrogens is 2. The standard InChI is InChI=1S/C33H45FN4O/c1-8-29(21-30-22-31(34)15-14-26(30)4)33-23-36-38(28(33)6)24-27(5)25(3)13-10-11-18-37(19-12-17-35)32(9-2)16-20-39-7/h8,14-15,21-24H,1-3,10-13,16-20,35H2,4-7H3/b27-24-,29-21+. The third kappa shape index (κ3) is 9.67. The molecule has 2 aromatic rings. The molecule has 39 heavy (non-hydrogen) atoms. The highest BCUT2D eigenvalue weighted by atomic mass is 19.1. The number of benzene rings is 1. The van der Waals surface area contributed by atoms with Crippen LogP contribution in [-0.2, 0) is 4.74 Å². The van der Waals surface area contributed by atoms with E-state index in [0.29, 0.717) is 13.2 Å². The van der Waals surface area contributed by atoms with E-state index in [1.807, 2.05) is 37.0 Å². The van der Waals surface area contributed by atoms with Crippen LogP contribution in [0.5, 0.6) is 0 Å². The van der Waals surface area contributed by atoms with Crippen molar-refractivity contribution in [1.82, 2.24) is 14.7 Å². The highest BCUT2D eigenvalue weighted by Gasteiger charge is 2.11. The summed E-state index contributed by atoms with van der Waals surface area (Å²) in [6.07, 6.45) is 12.3. The van der Waals surface area contributed by atoms with Crippen LogP contribution in [0.2, 0.25) is 0 Å². The fourth-order valence-corrected chi connectivity index (χ4v) is 4.35. The summed E-state index contributed by atoms with van der Waals surface area (Å²) in [6, 6.07) is 4.79. The van der Waals surface area contributed by atoms with Gasteiger partial charge in [0.15, 0.2) is 0 Å². The third-order valence-electron chi connectivity index (χ3n) is 6.92. The topological polar surface area (TPSA) is 56.3 Å². The average Bonchev–Trinajstić information content (AvgIpc) is 3.28. The van der Waals surface area contributed by atoms with Crippen LogP contribution in [0, 0.1) is 19.7 Å². The van der Waals surface area contributed by atoms with Crippen molar-refractivity contribution in [2.75, 3.05) is 33.4 Å². The second kappa shape index (κ2) is 16.5. The molecule has 0 radical (unpaired) electrons. The van der Waals surface area contributed by atoms with E-state index in [1.165, 1.54) is 12.1 Å². The van der Waals surface area contributed by atoms with Gasteiger partial charge in [0, 0.05) is 44.1 Å². The molecular weight excluding hydrogens is 487 g/mol. The molecule has 0 saturated heterocycles. The molecule has 210 valence electrons. The van der Waals surface area contributed by atoms with Gasteiger partial charge in [-0.15, -0.1) is 5.73 Å². The summed E-state index contributed by atoms with van der Waals surface area (Å²) in [5.74, 6) is -0.258. The van der Waals surface area contributed by atoms with Gasteiger partial charge in [0.1, 0.15) is 5.82 Å². The van der Waals surface area contributed by atoms with Gasteiger partial charge < -0.3 is 15.4 Å². The van der Waals surface area contributed by atoms with Crippen LogP contribution in [0.4, 0.5) is 4.39 Å². The molecule has 0 atom stereocenters. The number of hydrogen-bond acceptors (Lipinski definition) is 4. The van der Waals surface area contributed by atoms with Crippen LogP contribution in [0.15, 0.2) is 72.8 Å². The highest BCUT2D eigenvalue weighted by molar-refractivity contribution is 5.88. The minimum Gasteiger partial charge on any atom is -0.384 e. The maximum absolute atomic E-state index is 13.8. The van der Waals surface area contributed by atoms with E-state index in [2.05, 4.69) is 42.4 Å². The minimum absolute atomic E-state index is 0.258. The van der Waals surface area contributed by atoms with Crippen molar-refractivity contribution in [2.45, 2.75) is 52.9 Å². The van der Waals surface area contributed by atoms with Crippen LogP contribution in [0.1, 0.15) is 61.4 Å². The zero-order valence-corrected chi connectivity index (χ0v) is 24.2. The lowest BCUT2D eigenvalue weighted by Gasteiger charge is -2.26. The summed E-state index contributed by atoms with van der Waals surface area (Å²) in [6.45, 7) is 21.4. The lowest BCUT2D eigenvalue weighted by molar-refractivity contribution is 0.190. The second-order valence-corrected chi connectivity index (χ2v) is 9.76. The molecule has 0 saturated carbocycles. The summed E-state index contributed by atoms with van der Waals surface area (Å²) in [5.41, 5.74) is 16.8. The van der Waals surface area contributed by atoms with Gasteiger partial charge in [-0.3, -0.25) is 0 Å². The van der Waals surface area contributed by atoms with Crippen LogP contribution in [0.25, 0.3) is 17.8 Å². The number of methoxy groups -OCH3 is 1. The predicted molar refractivity (Wildman–Crippen MR) is 163 cm³/mol. The highest BCUT2D eigenvalue weighted by Crippen LogP contribution is 2.25. The Bertz CT molecular complexity index is 1230. The van der Waals surface area contributed by atoms with E-state index in [4.69, 9.17) is 10.5 Å². The molecule has 6 heteroatoms. The fourth-order valence-electron chi connectivity index (χ4n) is 4.35. The second-order valence-electron chi connectivity index (χ2n) is 9.76. The molecule has 1 aromatic heterocycles. The lowest BCUT2D eigenvalue weighted by atomic mass is 10.0. The Morgan fingerprint density at radius 3 is 2.62 bits per heavy atom. The Morgan fingerprint density at radius 2 is 1.95 bits per heavy atom. The molecule has 0 spiro atoms. The first-order valence-corrected chi connectivity index (χ1v) is 13.6. The monoisotopic (exact) mass is 532 g/mol. The number of allylic oxidation sites excluding steroid dienone is 4. The number of nitrogens with two attached hydrogens (primary N) is 1. The Morgan fingerprint density at radius 1 is 1.21 bits per heavy atom. The molecule has 0 amide bonds. The number of hydrogen-bond donors (Lipinski definition) is 1. The summed E-state index contributed by atoms with van der Waals surface area (Å²) >= 11 is 0. The molecule has 1 aromatic carbocycles. The van der Waals surface area contributed by atoms with E-state index in [-0.39, 0.29) is 5.82 Å². The molecule has 0 aliphatic heterocycles. The Labute approximate surface area is 234 Å². The lowest BCUT2D eigenvalue weighted by Crippen LogP contribution is -2.27. The zero-order chi connectivity index (χ0) is 28.8.